The maximum absolute atomic E-state index is 13.6. The number of fused-ring (bicyclic) bond motifs is 2. The third kappa shape index (κ3) is 5.85. The van der Waals surface area contributed by atoms with Crippen molar-refractivity contribution in [2.24, 2.45) is 0 Å². The van der Waals surface area contributed by atoms with E-state index in [2.05, 4.69) is 37.1 Å². The lowest BCUT2D eigenvalue weighted by Gasteiger charge is -2.28. The summed E-state index contributed by atoms with van der Waals surface area (Å²) >= 11 is 0. The topological polar surface area (TPSA) is 75.9 Å². The average Bonchev–Trinajstić information content (AvgIpc) is 3.31. The second-order valence-electron chi connectivity index (χ2n) is 10.1. The zero-order valence-corrected chi connectivity index (χ0v) is 22.5. The molecule has 5 aromatic rings. The van der Waals surface area contributed by atoms with Gasteiger partial charge in [0.1, 0.15) is 18.0 Å². The van der Waals surface area contributed by atoms with Crippen molar-refractivity contribution in [3.63, 3.8) is 0 Å². The molecule has 0 bridgehead atoms. The number of hydrogen-bond donors (Lipinski definition) is 1. The van der Waals surface area contributed by atoms with E-state index in [4.69, 9.17) is 0 Å². The van der Waals surface area contributed by atoms with Crippen LogP contribution in [0.1, 0.15) is 11.1 Å². The van der Waals surface area contributed by atoms with E-state index >= 15 is 0 Å². The second-order valence-corrected chi connectivity index (χ2v) is 13.6. The zero-order chi connectivity index (χ0) is 26.8. The normalized spacial score (nSPS) is 15.2. The van der Waals surface area contributed by atoms with Crippen LogP contribution in [0.2, 0.25) is 0 Å². The Hall–Kier alpha value is -4.05. The zero-order valence-electron chi connectivity index (χ0n) is 21.6. The molecule has 1 aliphatic heterocycles. The van der Waals surface area contributed by atoms with E-state index in [1.807, 2.05) is 60.0 Å². The molecule has 1 aliphatic rings. The molecule has 0 spiro atoms. The monoisotopic (exact) mass is 538 g/mol. The lowest BCUT2D eigenvalue weighted by molar-refractivity contribution is 0.331. The minimum Gasteiger partial charge on any atom is -0.340 e. The van der Waals surface area contributed by atoms with Crippen LogP contribution in [-0.4, -0.2) is 63.3 Å². The minimum atomic E-state index is -1.93. The highest BCUT2D eigenvalue weighted by molar-refractivity contribution is 7.63. The molecule has 7 nitrogen and oxygen atoms in total. The second kappa shape index (κ2) is 10.6. The molecule has 9 heteroatoms. The molecule has 0 aliphatic carbocycles. The molecule has 0 amide bonds. The van der Waals surface area contributed by atoms with Crippen LogP contribution in [0.5, 0.6) is 0 Å². The van der Waals surface area contributed by atoms with Gasteiger partial charge in [-0.05, 0) is 60.8 Å². The summed E-state index contributed by atoms with van der Waals surface area (Å²) in [7, 11) is -1.93. The SMILES string of the molecule is CP1(=O)CCN(CC#Cc2ccc3ncnc(Nc4ccc5c(cnn5Cc5cccc(F)c5)c4)c3c2)CC1. The van der Waals surface area contributed by atoms with Gasteiger partial charge in [-0.3, -0.25) is 9.58 Å². The van der Waals surface area contributed by atoms with Crippen molar-refractivity contribution in [2.75, 3.05) is 43.9 Å². The van der Waals surface area contributed by atoms with Crippen LogP contribution >= 0.6 is 7.14 Å². The third-order valence-electron chi connectivity index (χ3n) is 7.08. The summed E-state index contributed by atoms with van der Waals surface area (Å²) in [6.07, 6.45) is 4.91. The first-order valence-corrected chi connectivity index (χ1v) is 15.4. The molecule has 3 heterocycles. The van der Waals surface area contributed by atoms with Gasteiger partial charge in [0, 0.05) is 47.4 Å². The number of nitrogens with zero attached hydrogens (tertiary/aromatic N) is 5. The fraction of sp³-hybridized carbons (Fsp3) is 0.233. The van der Waals surface area contributed by atoms with E-state index in [0.29, 0.717) is 18.9 Å². The first kappa shape index (κ1) is 25.2. The van der Waals surface area contributed by atoms with E-state index in [9.17, 15) is 8.96 Å². The molecule has 6 rings (SSSR count). The Morgan fingerprint density at radius 2 is 1.92 bits per heavy atom. The standard InChI is InChI=1S/C30H28FN6OP/c1-39(38)14-12-36(13-15-39)11-3-5-22-7-9-28-27(17-22)30(33-21-32-28)35-26-8-10-29-24(18-26)19-34-37(29)20-23-4-2-6-25(31)16-23/h2,4,6-10,16-19,21H,11-15,20H2,1H3,(H,32,33,35). The molecule has 3 aromatic carbocycles. The van der Waals surface area contributed by atoms with E-state index < -0.39 is 7.14 Å². The predicted octanol–water partition coefficient (Wildman–Crippen LogP) is 5.57. The molecular formula is C30H28FN6OP. The molecule has 1 N–H and O–H groups in total. The lowest BCUT2D eigenvalue weighted by atomic mass is 10.1. The van der Waals surface area contributed by atoms with Crippen molar-refractivity contribution >= 4 is 40.5 Å². The van der Waals surface area contributed by atoms with Crippen LogP contribution in [-0.2, 0) is 11.1 Å². The molecule has 2 aromatic heterocycles. The van der Waals surface area contributed by atoms with Gasteiger partial charge in [0.25, 0.3) is 0 Å². The fourth-order valence-electron chi connectivity index (χ4n) is 4.81. The molecule has 1 saturated heterocycles. The maximum atomic E-state index is 13.6. The van der Waals surface area contributed by atoms with E-state index in [1.165, 1.54) is 12.1 Å². The highest BCUT2D eigenvalue weighted by Crippen LogP contribution is 2.42. The smallest absolute Gasteiger partial charge is 0.141 e. The fourth-order valence-corrected chi connectivity index (χ4v) is 6.45. The van der Waals surface area contributed by atoms with Crippen LogP contribution < -0.4 is 5.32 Å². The maximum Gasteiger partial charge on any atom is 0.141 e. The summed E-state index contributed by atoms with van der Waals surface area (Å²) in [6.45, 7) is 4.75. The van der Waals surface area contributed by atoms with Gasteiger partial charge in [0.15, 0.2) is 0 Å². The average molecular weight is 539 g/mol. The molecule has 0 unspecified atom stereocenters. The summed E-state index contributed by atoms with van der Waals surface area (Å²) in [5, 5.41) is 9.79. The Morgan fingerprint density at radius 3 is 2.77 bits per heavy atom. The van der Waals surface area contributed by atoms with Crippen LogP contribution in [0.4, 0.5) is 15.9 Å². The van der Waals surface area contributed by atoms with Crippen molar-refractivity contribution in [1.82, 2.24) is 24.6 Å². The first-order valence-electron chi connectivity index (χ1n) is 12.9. The van der Waals surface area contributed by atoms with E-state index in [-0.39, 0.29) is 5.82 Å². The highest BCUT2D eigenvalue weighted by Gasteiger charge is 2.23. The van der Waals surface area contributed by atoms with Gasteiger partial charge in [-0.15, -0.1) is 0 Å². The van der Waals surface area contributed by atoms with Crippen molar-refractivity contribution in [3.8, 4) is 11.8 Å². The Labute approximate surface area is 226 Å². The van der Waals surface area contributed by atoms with Crippen LogP contribution in [0.25, 0.3) is 21.8 Å². The molecule has 1 fully saturated rings. The molecule has 0 atom stereocenters. The summed E-state index contributed by atoms with van der Waals surface area (Å²) in [6, 6.07) is 18.5. The van der Waals surface area contributed by atoms with Gasteiger partial charge in [-0.25, -0.2) is 14.4 Å². The predicted molar refractivity (Wildman–Crippen MR) is 155 cm³/mol. The van der Waals surface area contributed by atoms with Gasteiger partial charge in [0.2, 0.25) is 0 Å². The van der Waals surface area contributed by atoms with Crippen LogP contribution in [0.15, 0.2) is 73.2 Å². The largest absolute Gasteiger partial charge is 0.340 e. The Bertz CT molecular complexity index is 1780. The van der Waals surface area contributed by atoms with E-state index in [1.54, 1.807) is 12.4 Å². The number of nitrogens with one attached hydrogen (secondary N) is 1. The number of hydrogen-bond acceptors (Lipinski definition) is 6. The lowest BCUT2D eigenvalue weighted by Crippen LogP contribution is -2.34. The van der Waals surface area contributed by atoms with Crippen molar-refractivity contribution < 1.29 is 8.96 Å². The van der Waals surface area contributed by atoms with Gasteiger partial charge < -0.3 is 9.88 Å². The molecule has 39 heavy (non-hydrogen) atoms. The molecule has 0 radical (unpaired) electrons. The number of anilines is 2. The number of benzene rings is 3. The van der Waals surface area contributed by atoms with Gasteiger partial charge >= 0.3 is 0 Å². The van der Waals surface area contributed by atoms with Crippen LogP contribution in [0.3, 0.4) is 0 Å². The molecular weight excluding hydrogens is 510 g/mol. The van der Waals surface area contributed by atoms with Crippen molar-refractivity contribution in [1.29, 1.82) is 0 Å². The van der Waals surface area contributed by atoms with Crippen molar-refractivity contribution in [2.45, 2.75) is 6.54 Å². The number of aromatic nitrogens is 4. The number of rotatable bonds is 5. The highest BCUT2D eigenvalue weighted by atomic mass is 31.2. The van der Waals surface area contributed by atoms with Gasteiger partial charge in [-0.2, -0.15) is 5.10 Å². The number of halogens is 1. The molecule has 0 saturated carbocycles. The quantitative estimate of drug-likeness (QED) is 0.233. The first-order chi connectivity index (χ1) is 18.9. The van der Waals surface area contributed by atoms with Gasteiger partial charge in [-0.1, -0.05) is 24.0 Å². The summed E-state index contributed by atoms with van der Waals surface area (Å²) in [5.41, 5.74) is 4.42. The summed E-state index contributed by atoms with van der Waals surface area (Å²) in [5.74, 6) is 6.98. The van der Waals surface area contributed by atoms with E-state index in [0.717, 1.165) is 64.0 Å². The summed E-state index contributed by atoms with van der Waals surface area (Å²) < 4.78 is 27.7. The van der Waals surface area contributed by atoms with Crippen molar-refractivity contribution in [3.05, 3.63) is 90.1 Å². The Kier molecular flexibility index (Phi) is 6.86. The Morgan fingerprint density at radius 1 is 1.05 bits per heavy atom. The summed E-state index contributed by atoms with van der Waals surface area (Å²) in [4.78, 5) is 11.2. The Balaban J connectivity index is 1.20. The minimum absolute atomic E-state index is 0.252. The van der Waals surface area contributed by atoms with Gasteiger partial charge in [0.05, 0.1) is 37.5 Å². The molecule has 196 valence electrons. The third-order valence-corrected chi connectivity index (χ3v) is 9.37. The van der Waals surface area contributed by atoms with Crippen LogP contribution in [0, 0.1) is 17.7 Å².